The van der Waals surface area contributed by atoms with Crippen molar-refractivity contribution in [3.05, 3.63) is 29.8 Å². The molecule has 3 amide bonds. The van der Waals surface area contributed by atoms with Gasteiger partial charge in [-0.25, -0.2) is 4.79 Å². The molecule has 5 atom stereocenters. The minimum absolute atomic E-state index is 0.0399. The Kier molecular flexibility index (Phi) is 12.4. The lowest BCUT2D eigenvalue weighted by Gasteiger charge is -2.28. The molecule has 0 radical (unpaired) electrons. The fraction of sp³-hybridized carbons (Fsp3) is 0.615. The van der Waals surface area contributed by atoms with Crippen LogP contribution < -0.4 is 21.7 Å². The zero-order valence-electron chi connectivity index (χ0n) is 22.1. The SMILES string of the molecule is CCC(C)C(N)C(=O)NC(Cc1ccc(O)cc1)C(=O)NC(C(=O)NC(CC(C)C)C(=O)O)C(C)C. The summed E-state index contributed by atoms with van der Waals surface area (Å²) >= 11 is 0. The molecule has 0 aromatic heterocycles. The molecule has 0 aliphatic carbocycles. The Balaban J connectivity index is 3.12. The minimum Gasteiger partial charge on any atom is -0.508 e. The van der Waals surface area contributed by atoms with E-state index < -0.39 is 47.9 Å². The van der Waals surface area contributed by atoms with Crippen LogP contribution >= 0.6 is 0 Å². The predicted octanol–water partition coefficient (Wildman–Crippen LogP) is 1.55. The summed E-state index contributed by atoms with van der Waals surface area (Å²) in [7, 11) is 0. The number of aromatic hydroxyl groups is 1. The highest BCUT2D eigenvalue weighted by Gasteiger charge is 2.32. The molecular weight excluding hydrogens is 464 g/mol. The van der Waals surface area contributed by atoms with Crippen molar-refractivity contribution in [1.82, 2.24) is 16.0 Å². The first-order valence-corrected chi connectivity index (χ1v) is 12.4. The molecule has 1 aromatic carbocycles. The number of phenolic OH excluding ortho intramolecular Hbond substituents is 1. The minimum atomic E-state index is -1.15. The van der Waals surface area contributed by atoms with Crippen LogP contribution in [0.3, 0.4) is 0 Å². The number of aliphatic carboxylic acids is 1. The van der Waals surface area contributed by atoms with Crippen molar-refractivity contribution in [2.24, 2.45) is 23.5 Å². The second kappa shape index (κ2) is 14.4. The van der Waals surface area contributed by atoms with Gasteiger partial charge in [-0.3, -0.25) is 14.4 Å². The molecule has 0 bridgehead atoms. The van der Waals surface area contributed by atoms with E-state index in [0.717, 1.165) is 0 Å². The lowest BCUT2D eigenvalue weighted by molar-refractivity contribution is -0.143. The van der Waals surface area contributed by atoms with Crippen LogP contribution in [-0.2, 0) is 25.6 Å². The van der Waals surface area contributed by atoms with E-state index in [4.69, 9.17) is 5.73 Å². The Morgan fingerprint density at radius 3 is 1.89 bits per heavy atom. The third-order valence-electron chi connectivity index (χ3n) is 6.14. The number of benzene rings is 1. The molecular formula is C26H42N4O6. The molecule has 10 heteroatoms. The molecule has 1 aromatic rings. The van der Waals surface area contributed by atoms with Crippen molar-refractivity contribution in [3.63, 3.8) is 0 Å². The Morgan fingerprint density at radius 1 is 0.861 bits per heavy atom. The summed E-state index contributed by atoms with van der Waals surface area (Å²) in [5.74, 6) is -3.21. The van der Waals surface area contributed by atoms with E-state index in [1.165, 1.54) is 12.1 Å². The van der Waals surface area contributed by atoms with Gasteiger partial charge in [0.15, 0.2) is 0 Å². The van der Waals surface area contributed by atoms with Crippen LogP contribution in [0.5, 0.6) is 5.75 Å². The first kappa shape index (κ1) is 30.9. The smallest absolute Gasteiger partial charge is 0.326 e. The van der Waals surface area contributed by atoms with Gasteiger partial charge >= 0.3 is 5.97 Å². The van der Waals surface area contributed by atoms with Crippen molar-refractivity contribution in [2.45, 2.75) is 85.0 Å². The number of rotatable bonds is 14. The van der Waals surface area contributed by atoms with Crippen LogP contribution in [0.1, 0.15) is 59.9 Å². The van der Waals surface area contributed by atoms with Gasteiger partial charge in [0.1, 0.15) is 23.9 Å². The highest BCUT2D eigenvalue weighted by Crippen LogP contribution is 2.13. The van der Waals surface area contributed by atoms with E-state index in [9.17, 15) is 29.4 Å². The van der Waals surface area contributed by atoms with E-state index in [2.05, 4.69) is 16.0 Å². The van der Waals surface area contributed by atoms with E-state index in [1.807, 2.05) is 27.7 Å². The number of phenols is 1. The Labute approximate surface area is 213 Å². The Morgan fingerprint density at radius 2 is 1.42 bits per heavy atom. The van der Waals surface area contributed by atoms with Crippen molar-refractivity contribution in [3.8, 4) is 5.75 Å². The molecule has 7 N–H and O–H groups in total. The number of carbonyl (C=O) groups is 4. The number of hydrogen-bond donors (Lipinski definition) is 6. The number of carboxylic acid groups (broad SMARTS) is 1. The molecule has 0 aliphatic heterocycles. The third kappa shape index (κ3) is 9.85. The summed E-state index contributed by atoms with van der Waals surface area (Å²) in [6.45, 7) is 10.9. The van der Waals surface area contributed by atoms with E-state index >= 15 is 0 Å². The van der Waals surface area contributed by atoms with Gasteiger partial charge in [-0.1, -0.05) is 60.1 Å². The average molecular weight is 507 g/mol. The standard InChI is InChI=1S/C26H42N4O6/c1-7-16(6)21(27)24(33)28-19(13-17-8-10-18(31)11-9-17)23(32)30-22(15(4)5)25(34)29-20(26(35)36)12-14(2)3/h8-11,14-16,19-22,31H,7,12-13,27H2,1-6H3,(H,28,33)(H,29,34)(H,30,32)(H,35,36). The summed E-state index contributed by atoms with van der Waals surface area (Å²) in [6.07, 6.45) is 1.02. The second-order valence-electron chi connectivity index (χ2n) is 10.1. The van der Waals surface area contributed by atoms with Gasteiger partial charge in [0, 0.05) is 6.42 Å². The lowest BCUT2D eigenvalue weighted by atomic mass is 9.97. The summed E-state index contributed by atoms with van der Waals surface area (Å²) in [5.41, 5.74) is 6.74. The highest BCUT2D eigenvalue weighted by atomic mass is 16.4. The summed E-state index contributed by atoms with van der Waals surface area (Å²) in [5, 5.41) is 26.9. The maximum absolute atomic E-state index is 13.3. The Bertz CT molecular complexity index is 887. The van der Waals surface area contributed by atoms with Crippen molar-refractivity contribution in [2.75, 3.05) is 0 Å². The fourth-order valence-corrected chi connectivity index (χ4v) is 3.60. The molecule has 0 saturated carbocycles. The van der Waals surface area contributed by atoms with Crippen LogP contribution in [0, 0.1) is 17.8 Å². The van der Waals surface area contributed by atoms with Gasteiger partial charge in [0.05, 0.1) is 6.04 Å². The summed E-state index contributed by atoms with van der Waals surface area (Å²) in [4.78, 5) is 50.7. The maximum Gasteiger partial charge on any atom is 0.326 e. The normalized spacial score (nSPS) is 15.5. The third-order valence-corrected chi connectivity index (χ3v) is 6.14. The van der Waals surface area contributed by atoms with E-state index in [-0.39, 0.29) is 36.3 Å². The van der Waals surface area contributed by atoms with Crippen LogP contribution in [0.2, 0.25) is 0 Å². The lowest BCUT2D eigenvalue weighted by Crippen LogP contribution is -2.59. The molecule has 0 spiro atoms. The Hall–Kier alpha value is -3.14. The van der Waals surface area contributed by atoms with Gasteiger partial charge in [-0.15, -0.1) is 0 Å². The van der Waals surface area contributed by atoms with Gasteiger partial charge in [-0.2, -0.15) is 0 Å². The molecule has 0 aliphatic rings. The largest absolute Gasteiger partial charge is 0.508 e. The number of hydrogen-bond acceptors (Lipinski definition) is 6. The van der Waals surface area contributed by atoms with Crippen LogP contribution in [-0.4, -0.2) is 58.1 Å². The van der Waals surface area contributed by atoms with Crippen molar-refractivity contribution >= 4 is 23.7 Å². The van der Waals surface area contributed by atoms with Gasteiger partial charge in [0.25, 0.3) is 0 Å². The maximum atomic E-state index is 13.3. The summed E-state index contributed by atoms with van der Waals surface area (Å²) < 4.78 is 0. The molecule has 36 heavy (non-hydrogen) atoms. The van der Waals surface area contributed by atoms with Crippen LogP contribution in [0.15, 0.2) is 24.3 Å². The number of nitrogens with one attached hydrogen (secondary N) is 3. The van der Waals surface area contributed by atoms with Gasteiger partial charge in [-0.05, 0) is 41.9 Å². The van der Waals surface area contributed by atoms with Gasteiger partial charge in [0.2, 0.25) is 17.7 Å². The number of carboxylic acids is 1. The van der Waals surface area contributed by atoms with Crippen LogP contribution in [0.25, 0.3) is 0 Å². The fourth-order valence-electron chi connectivity index (χ4n) is 3.60. The molecule has 5 unspecified atom stereocenters. The quantitative estimate of drug-likeness (QED) is 0.222. The molecule has 1 rings (SSSR count). The number of amides is 3. The second-order valence-corrected chi connectivity index (χ2v) is 10.1. The zero-order valence-corrected chi connectivity index (χ0v) is 22.1. The molecule has 0 heterocycles. The predicted molar refractivity (Wildman–Crippen MR) is 137 cm³/mol. The van der Waals surface area contributed by atoms with E-state index in [1.54, 1.807) is 26.0 Å². The monoisotopic (exact) mass is 506 g/mol. The first-order valence-electron chi connectivity index (χ1n) is 12.4. The first-order chi connectivity index (χ1) is 16.8. The molecule has 0 fully saturated rings. The number of carbonyl (C=O) groups excluding carboxylic acids is 3. The zero-order chi connectivity index (χ0) is 27.6. The van der Waals surface area contributed by atoms with Crippen molar-refractivity contribution in [1.29, 1.82) is 0 Å². The summed E-state index contributed by atoms with van der Waals surface area (Å²) in [6, 6.07) is 2.24. The number of nitrogens with two attached hydrogens (primary N) is 1. The topological polar surface area (TPSA) is 171 Å². The van der Waals surface area contributed by atoms with Crippen LogP contribution in [0.4, 0.5) is 0 Å². The highest BCUT2D eigenvalue weighted by molar-refractivity contribution is 5.94. The molecule has 10 nitrogen and oxygen atoms in total. The average Bonchev–Trinajstić information content (AvgIpc) is 2.80. The van der Waals surface area contributed by atoms with Gasteiger partial charge < -0.3 is 31.9 Å². The molecule has 202 valence electrons. The van der Waals surface area contributed by atoms with Crippen molar-refractivity contribution < 1.29 is 29.4 Å². The molecule has 0 saturated heterocycles. The van der Waals surface area contributed by atoms with E-state index in [0.29, 0.717) is 12.0 Å².